The van der Waals surface area contributed by atoms with Crippen LogP contribution in [0.2, 0.25) is 5.02 Å². The molecule has 0 atom stereocenters. The standard InChI is InChI=1S/C11H15ClFO3P/c1-3-15-17(14,16-4-2)8-9-5-6-10(12)11(13)7-9/h5-7H,3-4,8H2,1-2H3. The third kappa shape index (κ3) is 4.40. The second-order valence-corrected chi connectivity index (χ2v) is 5.81. The summed E-state index contributed by atoms with van der Waals surface area (Å²) in [4.78, 5) is 0. The largest absolute Gasteiger partial charge is 0.335 e. The van der Waals surface area contributed by atoms with Crippen LogP contribution in [0.3, 0.4) is 0 Å². The van der Waals surface area contributed by atoms with E-state index >= 15 is 0 Å². The van der Waals surface area contributed by atoms with Gasteiger partial charge in [0.05, 0.1) is 24.4 Å². The van der Waals surface area contributed by atoms with E-state index < -0.39 is 13.4 Å². The maximum atomic E-state index is 13.2. The fraction of sp³-hybridized carbons (Fsp3) is 0.455. The summed E-state index contributed by atoms with van der Waals surface area (Å²) in [5.74, 6) is -0.538. The van der Waals surface area contributed by atoms with Gasteiger partial charge in [-0.25, -0.2) is 4.39 Å². The lowest BCUT2D eigenvalue weighted by Gasteiger charge is -2.16. The molecule has 6 heteroatoms. The third-order valence-corrected chi connectivity index (χ3v) is 4.37. The molecule has 0 aromatic heterocycles. The molecule has 96 valence electrons. The Kier molecular flexibility index (Phi) is 5.60. The van der Waals surface area contributed by atoms with Crippen LogP contribution in [0.25, 0.3) is 0 Å². The van der Waals surface area contributed by atoms with Crippen LogP contribution in [0.4, 0.5) is 4.39 Å². The van der Waals surface area contributed by atoms with Crippen molar-refractivity contribution in [2.45, 2.75) is 20.0 Å². The quantitative estimate of drug-likeness (QED) is 0.731. The van der Waals surface area contributed by atoms with Crippen molar-refractivity contribution in [2.24, 2.45) is 0 Å². The molecule has 0 bridgehead atoms. The minimum atomic E-state index is -3.19. The smallest absolute Gasteiger partial charge is 0.309 e. The summed E-state index contributed by atoms with van der Waals surface area (Å²) in [6.45, 7) is 4.03. The van der Waals surface area contributed by atoms with Crippen LogP contribution in [0, 0.1) is 5.82 Å². The topological polar surface area (TPSA) is 35.5 Å². The Morgan fingerprint density at radius 2 is 1.88 bits per heavy atom. The highest BCUT2D eigenvalue weighted by Crippen LogP contribution is 2.51. The van der Waals surface area contributed by atoms with E-state index in [0.717, 1.165) is 0 Å². The molecule has 0 aliphatic heterocycles. The maximum absolute atomic E-state index is 13.2. The van der Waals surface area contributed by atoms with Crippen LogP contribution in [-0.2, 0) is 19.8 Å². The highest BCUT2D eigenvalue weighted by molar-refractivity contribution is 7.53. The Bertz CT molecular complexity index is 415. The molecule has 0 radical (unpaired) electrons. The molecule has 0 aliphatic rings. The van der Waals surface area contributed by atoms with E-state index in [0.29, 0.717) is 5.56 Å². The Morgan fingerprint density at radius 1 is 1.29 bits per heavy atom. The summed E-state index contributed by atoms with van der Waals surface area (Å²) in [7, 11) is -3.19. The number of hydrogen-bond donors (Lipinski definition) is 0. The zero-order valence-corrected chi connectivity index (χ0v) is 11.4. The SMILES string of the molecule is CCOP(=O)(Cc1ccc(Cl)c(F)c1)OCC. The summed E-state index contributed by atoms with van der Waals surface area (Å²) in [5.41, 5.74) is 0.539. The molecule has 0 saturated heterocycles. The van der Waals surface area contributed by atoms with Crippen molar-refractivity contribution < 1.29 is 18.0 Å². The summed E-state index contributed by atoms with van der Waals surface area (Å²) >= 11 is 5.57. The van der Waals surface area contributed by atoms with Crippen molar-refractivity contribution in [1.82, 2.24) is 0 Å². The van der Waals surface area contributed by atoms with Crippen molar-refractivity contribution in [3.8, 4) is 0 Å². The van der Waals surface area contributed by atoms with Crippen LogP contribution < -0.4 is 0 Å². The molecule has 0 unspecified atom stereocenters. The summed E-state index contributed by atoms with van der Waals surface area (Å²) in [5, 5.41) is 0.0383. The summed E-state index contributed by atoms with van der Waals surface area (Å²) in [6, 6.07) is 4.28. The van der Waals surface area contributed by atoms with Crippen molar-refractivity contribution in [1.29, 1.82) is 0 Å². The van der Waals surface area contributed by atoms with Crippen molar-refractivity contribution in [3.63, 3.8) is 0 Å². The molecule has 0 aliphatic carbocycles. The van der Waals surface area contributed by atoms with Gasteiger partial charge in [-0.15, -0.1) is 0 Å². The Morgan fingerprint density at radius 3 is 2.35 bits per heavy atom. The lowest BCUT2D eigenvalue weighted by molar-refractivity contribution is 0.219. The van der Waals surface area contributed by atoms with E-state index in [1.807, 2.05) is 0 Å². The van der Waals surface area contributed by atoms with E-state index in [-0.39, 0.29) is 24.4 Å². The van der Waals surface area contributed by atoms with Gasteiger partial charge in [-0.3, -0.25) is 4.57 Å². The molecule has 1 aromatic rings. The van der Waals surface area contributed by atoms with Gasteiger partial charge in [0.15, 0.2) is 0 Å². The summed E-state index contributed by atoms with van der Waals surface area (Å²) < 4.78 is 35.6. The van der Waals surface area contributed by atoms with Gasteiger partial charge in [0.1, 0.15) is 5.82 Å². The van der Waals surface area contributed by atoms with E-state index in [2.05, 4.69) is 0 Å². The average molecular weight is 281 g/mol. The van der Waals surface area contributed by atoms with Crippen LogP contribution >= 0.6 is 19.2 Å². The van der Waals surface area contributed by atoms with Gasteiger partial charge in [-0.1, -0.05) is 17.7 Å². The van der Waals surface area contributed by atoms with E-state index in [9.17, 15) is 8.96 Å². The molecule has 0 spiro atoms. The molecule has 0 amide bonds. The lowest BCUT2D eigenvalue weighted by Crippen LogP contribution is -1.99. The maximum Gasteiger partial charge on any atom is 0.335 e. The van der Waals surface area contributed by atoms with Gasteiger partial charge in [0.2, 0.25) is 0 Å². The van der Waals surface area contributed by atoms with Crippen LogP contribution in [0.5, 0.6) is 0 Å². The van der Waals surface area contributed by atoms with Gasteiger partial charge in [0, 0.05) is 0 Å². The predicted octanol–water partition coefficient (Wildman–Crippen LogP) is 4.25. The van der Waals surface area contributed by atoms with Crippen LogP contribution in [0.15, 0.2) is 18.2 Å². The normalized spacial score (nSPS) is 11.8. The van der Waals surface area contributed by atoms with E-state index in [4.69, 9.17) is 20.6 Å². The Labute approximate surface area is 105 Å². The second-order valence-electron chi connectivity index (χ2n) is 3.35. The fourth-order valence-corrected chi connectivity index (χ4v) is 3.19. The average Bonchev–Trinajstić information content (AvgIpc) is 2.24. The number of halogens is 2. The van der Waals surface area contributed by atoms with Gasteiger partial charge in [-0.05, 0) is 31.5 Å². The van der Waals surface area contributed by atoms with Crippen molar-refractivity contribution in [2.75, 3.05) is 13.2 Å². The Balaban J connectivity index is 2.86. The van der Waals surface area contributed by atoms with Gasteiger partial charge >= 0.3 is 7.60 Å². The first-order valence-electron chi connectivity index (χ1n) is 5.33. The highest BCUT2D eigenvalue weighted by Gasteiger charge is 2.24. The Hall–Kier alpha value is -0.410. The minimum Gasteiger partial charge on any atom is -0.309 e. The van der Waals surface area contributed by atoms with Crippen molar-refractivity contribution in [3.05, 3.63) is 34.6 Å². The van der Waals surface area contributed by atoms with Crippen LogP contribution in [0.1, 0.15) is 19.4 Å². The first kappa shape index (κ1) is 14.7. The predicted molar refractivity (Wildman–Crippen MR) is 66.0 cm³/mol. The zero-order chi connectivity index (χ0) is 12.9. The zero-order valence-electron chi connectivity index (χ0n) is 9.78. The molecule has 0 N–H and O–H groups in total. The van der Waals surface area contributed by atoms with Gasteiger partial charge in [-0.2, -0.15) is 0 Å². The second kappa shape index (κ2) is 6.50. The molecule has 0 heterocycles. The van der Waals surface area contributed by atoms with E-state index in [1.165, 1.54) is 12.1 Å². The molecule has 0 saturated carbocycles. The number of rotatable bonds is 6. The first-order chi connectivity index (χ1) is 8.00. The fourth-order valence-electron chi connectivity index (χ4n) is 1.38. The number of benzene rings is 1. The molecule has 17 heavy (non-hydrogen) atoms. The van der Waals surface area contributed by atoms with Crippen LogP contribution in [-0.4, -0.2) is 13.2 Å². The molecule has 3 nitrogen and oxygen atoms in total. The minimum absolute atomic E-state index is 0.0383. The highest BCUT2D eigenvalue weighted by atomic mass is 35.5. The monoisotopic (exact) mass is 280 g/mol. The first-order valence-corrected chi connectivity index (χ1v) is 7.43. The number of hydrogen-bond acceptors (Lipinski definition) is 3. The third-order valence-electron chi connectivity index (χ3n) is 2.01. The molecular formula is C11H15ClFO3P. The molecule has 1 aromatic carbocycles. The lowest BCUT2D eigenvalue weighted by atomic mass is 10.2. The van der Waals surface area contributed by atoms with Crippen molar-refractivity contribution >= 4 is 19.2 Å². The summed E-state index contributed by atoms with van der Waals surface area (Å²) in [6.07, 6.45) is 0.0444. The molecular weight excluding hydrogens is 266 g/mol. The molecule has 0 fully saturated rings. The van der Waals surface area contributed by atoms with Gasteiger partial charge < -0.3 is 9.05 Å². The van der Waals surface area contributed by atoms with Gasteiger partial charge in [0.25, 0.3) is 0 Å². The molecule has 1 rings (SSSR count). The van der Waals surface area contributed by atoms with E-state index in [1.54, 1.807) is 19.9 Å².